The third-order valence-electron chi connectivity index (χ3n) is 16.6. The van der Waals surface area contributed by atoms with Gasteiger partial charge in [0.05, 0.1) is 48.6 Å². The lowest BCUT2D eigenvalue weighted by Gasteiger charge is -2.67. The first-order valence-corrected chi connectivity index (χ1v) is 26.3. The first-order valence-electron chi connectivity index (χ1n) is 26.3. The lowest BCUT2D eigenvalue weighted by atomic mass is 9.44. The molecule has 4 fully saturated rings. The van der Waals surface area contributed by atoms with Crippen LogP contribution in [0.15, 0.2) is 102 Å². The molecule has 2 saturated carbocycles. The van der Waals surface area contributed by atoms with Gasteiger partial charge in [0.1, 0.15) is 54.4 Å². The fraction of sp³-hybridized carbons (Fsp3) is 0.509. The Balaban J connectivity index is 1.24. The van der Waals surface area contributed by atoms with E-state index in [-0.39, 0.29) is 22.3 Å². The molecule has 81 heavy (non-hydrogen) atoms. The molecule has 2 aliphatic heterocycles. The standard InChI is InChI=1S/C57H67N3O21/c1-27-34(77-52(72)43(66)40(30-16-10-7-11-17-30)60-49(69)31-18-12-8-13-19-31)24-57(74)48(80-50(70)32-20-14-9-15-21-32)46-55(6,47(68)45(76-28(2)62)39(27)54(57,4)5)36(23-37-56(46,26-75-37)81-29(3)63)79-51(71)33(58)22-38(64)59-41-42(65)35(25-61)78-53(73)44(41)67/h7-21,33-37,40-46,48,53,61,65-67,73-74H,22-26,58H2,1-6H3,(H,59,64)(H,60,69)/t33?,34-,35+,36-,37+,40-,41-,42+,43+,44+,45+,46?,48-,53?,55+,56-,57+/m0/s1. The van der Waals surface area contributed by atoms with Crippen LogP contribution in [0.2, 0.25) is 0 Å². The van der Waals surface area contributed by atoms with Gasteiger partial charge in [0.15, 0.2) is 29.9 Å². The number of fused-ring (bicyclic) bond motifs is 5. The summed E-state index contributed by atoms with van der Waals surface area (Å²) in [6, 6.07) is 18.6. The maximum atomic E-state index is 16.4. The number of benzene rings is 3. The number of aliphatic hydroxyl groups is 6. The van der Waals surface area contributed by atoms with Crippen LogP contribution in [0.4, 0.5) is 0 Å². The number of ether oxygens (including phenoxy) is 7. The number of amides is 2. The maximum Gasteiger partial charge on any atom is 0.338 e. The molecule has 2 bridgehead atoms. The van der Waals surface area contributed by atoms with Crippen molar-refractivity contribution in [3.05, 3.63) is 119 Å². The zero-order chi connectivity index (χ0) is 59.1. The monoisotopic (exact) mass is 1130 g/mol. The normalized spacial score (nSPS) is 33.1. The number of hydrogen-bond acceptors (Lipinski definition) is 22. The van der Waals surface area contributed by atoms with E-state index in [1.54, 1.807) is 54.6 Å². The molecular formula is C57H67N3O21. The summed E-state index contributed by atoms with van der Waals surface area (Å²) in [6.07, 6.45) is -20.1. The first-order chi connectivity index (χ1) is 38.2. The van der Waals surface area contributed by atoms with E-state index in [4.69, 9.17) is 38.9 Å². The average molecular weight is 1130 g/mol. The van der Waals surface area contributed by atoms with E-state index < -0.39 is 187 Å². The van der Waals surface area contributed by atoms with Gasteiger partial charge < -0.3 is 80.2 Å². The number of ketones is 1. The number of esters is 5. The van der Waals surface area contributed by atoms with Crippen LogP contribution >= 0.6 is 0 Å². The third-order valence-corrected chi connectivity index (χ3v) is 16.6. The lowest BCUT2D eigenvalue weighted by molar-refractivity contribution is -0.346. The Bertz CT molecular complexity index is 2930. The van der Waals surface area contributed by atoms with Crippen LogP contribution in [-0.2, 0) is 61.9 Å². The molecule has 2 saturated heterocycles. The molecule has 17 atom stereocenters. The highest BCUT2D eigenvalue weighted by atomic mass is 16.6. The summed E-state index contributed by atoms with van der Waals surface area (Å²) in [4.78, 5) is 114. The molecular weight excluding hydrogens is 1060 g/mol. The Kier molecular flexibility index (Phi) is 17.4. The number of nitrogens with two attached hydrogens (primary N) is 1. The summed E-state index contributed by atoms with van der Waals surface area (Å²) in [5.41, 5.74) is -2.31. The van der Waals surface area contributed by atoms with Gasteiger partial charge in [-0.25, -0.2) is 9.59 Å². The topological polar surface area (TPSA) is 373 Å². The molecule has 24 heteroatoms. The van der Waals surface area contributed by atoms with Gasteiger partial charge >= 0.3 is 29.8 Å². The van der Waals surface area contributed by atoms with Crippen LogP contribution in [-0.4, -0.2) is 176 Å². The average Bonchev–Trinajstić information content (AvgIpc) is 0.879. The molecule has 0 aromatic heterocycles. The highest BCUT2D eigenvalue weighted by molar-refractivity contribution is 5.97. The van der Waals surface area contributed by atoms with E-state index in [9.17, 15) is 64.2 Å². The van der Waals surface area contributed by atoms with Crippen molar-refractivity contribution in [1.29, 1.82) is 0 Å². The Morgan fingerprint density at radius 2 is 1.41 bits per heavy atom. The molecule has 10 N–H and O–H groups in total. The highest BCUT2D eigenvalue weighted by Gasteiger charge is 2.79. The van der Waals surface area contributed by atoms with Crippen LogP contribution in [0, 0.1) is 16.7 Å². The second-order valence-electron chi connectivity index (χ2n) is 21.9. The Hall–Kier alpha value is -7.00. The van der Waals surface area contributed by atoms with Gasteiger partial charge in [0.25, 0.3) is 5.91 Å². The largest absolute Gasteiger partial charge is 0.460 e. The van der Waals surface area contributed by atoms with Crippen molar-refractivity contribution in [2.45, 2.75) is 151 Å². The van der Waals surface area contributed by atoms with Gasteiger partial charge in [-0.3, -0.25) is 28.8 Å². The summed E-state index contributed by atoms with van der Waals surface area (Å²) in [6.45, 7) is 6.40. The van der Waals surface area contributed by atoms with Crippen LogP contribution < -0.4 is 16.4 Å². The quantitative estimate of drug-likeness (QED) is 0.0514. The Morgan fingerprint density at radius 1 is 0.802 bits per heavy atom. The summed E-state index contributed by atoms with van der Waals surface area (Å²) in [7, 11) is 0. The van der Waals surface area contributed by atoms with Crippen LogP contribution in [0.1, 0.15) is 93.1 Å². The highest BCUT2D eigenvalue weighted by Crippen LogP contribution is 2.65. The molecule has 2 heterocycles. The molecule has 0 radical (unpaired) electrons. The number of rotatable bonds is 16. The first kappa shape index (κ1) is 60.1. The number of nitrogens with one attached hydrogen (secondary N) is 2. The number of hydrogen-bond donors (Lipinski definition) is 9. The van der Waals surface area contributed by atoms with Crippen molar-refractivity contribution in [1.82, 2.24) is 10.6 Å². The van der Waals surface area contributed by atoms with Crippen molar-refractivity contribution in [3.63, 3.8) is 0 Å². The summed E-state index contributed by atoms with van der Waals surface area (Å²) in [5.74, 6) is -10.3. The minimum atomic E-state index is -2.62. The molecule has 24 nitrogen and oxygen atoms in total. The molecule has 3 aromatic carbocycles. The Morgan fingerprint density at radius 3 is 1.98 bits per heavy atom. The molecule has 5 aliphatic rings. The smallest absolute Gasteiger partial charge is 0.338 e. The molecule has 436 valence electrons. The number of aliphatic hydroxyl groups excluding tert-OH is 5. The SMILES string of the molecule is CC(=O)O[C@H]1C(=O)[C@@]2(C)C([C@H](OC(=O)c3ccccc3)[C@]3(O)C[C@H](OC(=O)[C@H](O)[C@@H](NC(=O)c4ccccc4)c4ccccc4)C(C)=C1C3(C)C)[C@]1(OC(C)=O)CO[C@@H]1C[C@@H]2OC(=O)C(N)CC(=O)N[C@H]1[C@H](O)[C@@H](CO)OC(O)[C@@H]1O. The number of Topliss-reactive ketones (excluding diaryl/α,β-unsaturated/α-hetero) is 1. The summed E-state index contributed by atoms with van der Waals surface area (Å²) >= 11 is 0. The fourth-order valence-corrected chi connectivity index (χ4v) is 12.4. The fourth-order valence-electron chi connectivity index (χ4n) is 12.4. The molecule has 3 unspecified atom stereocenters. The van der Waals surface area contributed by atoms with E-state index in [0.29, 0.717) is 5.56 Å². The minimum absolute atomic E-state index is 0.0270. The lowest BCUT2D eigenvalue weighted by Crippen LogP contribution is -2.82. The van der Waals surface area contributed by atoms with Gasteiger partial charge in [-0.1, -0.05) is 80.6 Å². The second-order valence-corrected chi connectivity index (χ2v) is 21.9. The van der Waals surface area contributed by atoms with E-state index >= 15 is 4.79 Å². The molecule has 0 spiro atoms. The number of carbonyl (C=O) groups excluding carboxylic acids is 8. The number of carbonyl (C=O) groups is 8. The zero-order valence-electron chi connectivity index (χ0n) is 45.2. The molecule has 8 rings (SSSR count). The van der Waals surface area contributed by atoms with Gasteiger partial charge in [-0.15, -0.1) is 0 Å². The second kappa shape index (κ2) is 23.5. The van der Waals surface area contributed by atoms with Crippen LogP contribution in [0.25, 0.3) is 0 Å². The van der Waals surface area contributed by atoms with Crippen molar-refractivity contribution in [2.75, 3.05) is 13.2 Å². The van der Waals surface area contributed by atoms with Gasteiger partial charge in [-0.05, 0) is 54.8 Å². The van der Waals surface area contributed by atoms with Gasteiger partial charge in [0, 0.05) is 37.7 Å². The molecule has 3 aromatic rings. The zero-order valence-corrected chi connectivity index (χ0v) is 45.2. The predicted molar refractivity (Wildman–Crippen MR) is 276 cm³/mol. The van der Waals surface area contributed by atoms with Gasteiger partial charge in [-0.2, -0.15) is 0 Å². The molecule has 2 amide bonds. The van der Waals surface area contributed by atoms with E-state index in [2.05, 4.69) is 10.6 Å². The van der Waals surface area contributed by atoms with Crippen molar-refractivity contribution < 1.29 is 102 Å². The third kappa shape index (κ3) is 11.1. The van der Waals surface area contributed by atoms with Crippen LogP contribution in [0.3, 0.4) is 0 Å². The minimum Gasteiger partial charge on any atom is -0.460 e. The van der Waals surface area contributed by atoms with Crippen molar-refractivity contribution in [3.8, 4) is 0 Å². The summed E-state index contributed by atoms with van der Waals surface area (Å²) < 4.78 is 42.0. The molecule has 3 aliphatic carbocycles. The maximum absolute atomic E-state index is 16.4. The Labute approximate surface area is 464 Å². The van der Waals surface area contributed by atoms with Crippen LogP contribution in [0.5, 0.6) is 0 Å². The summed E-state index contributed by atoms with van der Waals surface area (Å²) in [5, 5.41) is 72.1. The van der Waals surface area contributed by atoms with E-state index in [1.165, 1.54) is 64.1 Å². The van der Waals surface area contributed by atoms with E-state index in [1.807, 2.05) is 0 Å². The van der Waals surface area contributed by atoms with E-state index in [0.717, 1.165) is 13.8 Å². The predicted octanol–water partition coefficient (Wildman–Crippen LogP) is -0.0799. The van der Waals surface area contributed by atoms with Crippen molar-refractivity contribution >= 4 is 47.4 Å². The van der Waals surface area contributed by atoms with Gasteiger partial charge in [0.2, 0.25) is 5.91 Å². The van der Waals surface area contributed by atoms with Crippen molar-refractivity contribution in [2.24, 2.45) is 22.5 Å².